The van der Waals surface area contributed by atoms with Crippen molar-refractivity contribution in [3.05, 3.63) is 28.8 Å². The van der Waals surface area contributed by atoms with Crippen LogP contribution < -0.4 is 5.73 Å². The van der Waals surface area contributed by atoms with Crippen molar-refractivity contribution in [3.63, 3.8) is 0 Å². The van der Waals surface area contributed by atoms with Crippen LogP contribution in [0.2, 0.25) is 0 Å². The fourth-order valence-electron chi connectivity index (χ4n) is 1.52. The Bertz CT molecular complexity index is 655. The quantitative estimate of drug-likeness (QED) is 0.736. The van der Waals surface area contributed by atoms with E-state index in [4.69, 9.17) is 5.73 Å². The van der Waals surface area contributed by atoms with Crippen LogP contribution in [0.4, 0.5) is 0 Å². The summed E-state index contributed by atoms with van der Waals surface area (Å²) in [5, 5.41) is 10.9. The van der Waals surface area contributed by atoms with Gasteiger partial charge in [-0.2, -0.15) is 0 Å². The van der Waals surface area contributed by atoms with Crippen molar-refractivity contribution in [1.82, 2.24) is 24.6 Å². The molecule has 0 saturated heterocycles. The van der Waals surface area contributed by atoms with Crippen LogP contribution in [0, 0.1) is 0 Å². The molecule has 0 aromatic carbocycles. The van der Waals surface area contributed by atoms with Crippen molar-refractivity contribution in [3.8, 4) is 11.5 Å². The Hall–Kier alpha value is -1.86. The Labute approximate surface area is 101 Å². The van der Waals surface area contributed by atoms with E-state index in [0.717, 1.165) is 10.7 Å². The second kappa shape index (κ2) is 3.86. The van der Waals surface area contributed by atoms with Crippen LogP contribution in [0.5, 0.6) is 0 Å². The first-order chi connectivity index (χ1) is 8.25. The molecular weight excluding hydrogens is 236 g/mol. The number of hydrogen-bond acceptors (Lipinski definition) is 6. The highest BCUT2D eigenvalue weighted by molar-refractivity contribution is 7.10. The maximum absolute atomic E-state index is 5.79. The Morgan fingerprint density at radius 3 is 3.06 bits per heavy atom. The van der Waals surface area contributed by atoms with Gasteiger partial charge in [0.25, 0.3) is 5.78 Å². The molecule has 0 aliphatic heterocycles. The number of aromatic nitrogens is 5. The van der Waals surface area contributed by atoms with Crippen LogP contribution in [0.15, 0.2) is 23.8 Å². The summed E-state index contributed by atoms with van der Waals surface area (Å²) in [6, 6.07) is 1.77. The van der Waals surface area contributed by atoms with Gasteiger partial charge in [0.1, 0.15) is 10.7 Å². The zero-order chi connectivity index (χ0) is 11.8. The highest BCUT2D eigenvalue weighted by Crippen LogP contribution is 2.23. The highest BCUT2D eigenvalue weighted by atomic mass is 32.1. The Morgan fingerprint density at radius 2 is 2.29 bits per heavy atom. The molecule has 1 atom stereocenters. The lowest BCUT2D eigenvalue weighted by Gasteiger charge is -1.97. The molecule has 3 aromatic heterocycles. The van der Waals surface area contributed by atoms with Gasteiger partial charge in [-0.25, -0.2) is 9.97 Å². The lowest BCUT2D eigenvalue weighted by molar-refractivity contribution is 0.807. The van der Waals surface area contributed by atoms with E-state index in [1.165, 1.54) is 11.3 Å². The van der Waals surface area contributed by atoms with Crippen molar-refractivity contribution in [1.29, 1.82) is 0 Å². The van der Waals surface area contributed by atoms with E-state index in [-0.39, 0.29) is 6.04 Å². The van der Waals surface area contributed by atoms with Gasteiger partial charge in [-0.15, -0.1) is 21.5 Å². The van der Waals surface area contributed by atoms with Gasteiger partial charge in [0.15, 0.2) is 5.82 Å². The minimum absolute atomic E-state index is 0.0638. The van der Waals surface area contributed by atoms with Gasteiger partial charge in [0.05, 0.1) is 6.04 Å². The number of nitrogens with two attached hydrogens (primary N) is 1. The van der Waals surface area contributed by atoms with Gasteiger partial charge in [0, 0.05) is 17.8 Å². The summed E-state index contributed by atoms with van der Waals surface area (Å²) in [4.78, 5) is 8.55. The number of fused-ring (bicyclic) bond motifs is 1. The van der Waals surface area contributed by atoms with Crippen LogP contribution in [0.3, 0.4) is 0 Å². The van der Waals surface area contributed by atoms with Gasteiger partial charge < -0.3 is 5.73 Å². The summed E-state index contributed by atoms with van der Waals surface area (Å²) in [7, 11) is 0. The number of hydrogen-bond donors (Lipinski definition) is 1. The molecule has 0 spiro atoms. The van der Waals surface area contributed by atoms with Crippen molar-refractivity contribution in [2.45, 2.75) is 13.0 Å². The molecule has 86 valence electrons. The average molecular weight is 246 g/mol. The fraction of sp³-hybridized carbons (Fsp3) is 0.200. The lowest BCUT2D eigenvalue weighted by atomic mass is 10.4. The van der Waals surface area contributed by atoms with Crippen molar-refractivity contribution >= 4 is 17.1 Å². The maximum atomic E-state index is 5.79. The number of thiazole rings is 1. The van der Waals surface area contributed by atoms with E-state index in [1.54, 1.807) is 10.6 Å². The summed E-state index contributed by atoms with van der Waals surface area (Å²) in [6.45, 7) is 1.91. The Balaban J connectivity index is 2.14. The molecule has 0 aliphatic carbocycles. The third-order valence-electron chi connectivity index (χ3n) is 2.33. The van der Waals surface area contributed by atoms with Gasteiger partial charge in [-0.1, -0.05) is 0 Å². The molecule has 0 fully saturated rings. The maximum Gasteiger partial charge on any atom is 0.255 e. The normalized spacial score (nSPS) is 13.1. The fourth-order valence-corrected chi connectivity index (χ4v) is 2.27. The monoisotopic (exact) mass is 246 g/mol. The van der Waals surface area contributed by atoms with Crippen molar-refractivity contribution in [2.24, 2.45) is 5.73 Å². The Kier molecular flexibility index (Phi) is 2.34. The van der Waals surface area contributed by atoms with E-state index >= 15 is 0 Å². The SMILES string of the molecule is CC(N)c1nc(-c2nnc3ncccn23)cs1. The predicted octanol–water partition coefficient (Wildman–Crippen LogP) is 1.27. The predicted molar refractivity (Wildman–Crippen MR) is 64.5 cm³/mol. The molecule has 0 amide bonds. The molecule has 6 nitrogen and oxygen atoms in total. The number of rotatable bonds is 2. The summed E-state index contributed by atoms with van der Waals surface area (Å²) in [6.07, 6.45) is 3.55. The van der Waals surface area contributed by atoms with Crippen LogP contribution >= 0.6 is 11.3 Å². The molecule has 17 heavy (non-hydrogen) atoms. The van der Waals surface area contributed by atoms with Gasteiger partial charge in [0.2, 0.25) is 0 Å². The van der Waals surface area contributed by atoms with Crippen LogP contribution in [-0.4, -0.2) is 24.6 Å². The zero-order valence-electron chi connectivity index (χ0n) is 9.11. The highest BCUT2D eigenvalue weighted by Gasteiger charge is 2.13. The summed E-state index contributed by atoms with van der Waals surface area (Å²) < 4.78 is 1.81. The first-order valence-corrected chi connectivity index (χ1v) is 6.01. The largest absolute Gasteiger partial charge is 0.322 e. The molecule has 2 N–H and O–H groups in total. The molecule has 3 heterocycles. The third kappa shape index (κ3) is 1.69. The summed E-state index contributed by atoms with van der Waals surface area (Å²) >= 11 is 1.53. The first kappa shape index (κ1) is 10.3. The molecule has 0 saturated carbocycles. The smallest absolute Gasteiger partial charge is 0.255 e. The minimum atomic E-state index is -0.0638. The Morgan fingerprint density at radius 1 is 1.41 bits per heavy atom. The summed E-state index contributed by atoms with van der Waals surface area (Å²) in [5.74, 6) is 1.26. The van der Waals surface area contributed by atoms with Gasteiger partial charge in [-0.05, 0) is 13.0 Å². The molecule has 1 unspecified atom stereocenters. The lowest BCUT2D eigenvalue weighted by Crippen LogP contribution is -2.04. The van der Waals surface area contributed by atoms with E-state index in [9.17, 15) is 0 Å². The van der Waals surface area contributed by atoms with Crippen molar-refractivity contribution < 1.29 is 0 Å². The standard InChI is InChI=1S/C10H10N6S/c1-6(11)9-13-7(5-17-9)8-14-15-10-12-3-2-4-16(8)10/h2-6H,11H2,1H3. The molecule has 7 heteroatoms. The molecule has 0 aliphatic rings. The molecule has 0 bridgehead atoms. The molecule has 3 aromatic rings. The van der Waals surface area contributed by atoms with E-state index in [0.29, 0.717) is 11.6 Å². The van der Waals surface area contributed by atoms with Crippen LogP contribution in [-0.2, 0) is 0 Å². The van der Waals surface area contributed by atoms with E-state index in [1.807, 2.05) is 24.6 Å². The van der Waals surface area contributed by atoms with Crippen LogP contribution in [0.1, 0.15) is 18.0 Å². The van der Waals surface area contributed by atoms with Gasteiger partial charge >= 0.3 is 0 Å². The van der Waals surface area contributed by atoms with E-state index in [2.05, 4.69) is 20.2 Å². The topological polar surface area (TPSA) is 82.0 Å². The molecule has 3 rings (SSSR count). The summed E-state index contributed by atoms with van der Waals surface area (Å²) in [5.41, 5.74) is 6.57. The minimum Gasteiger partial charge on any atom is -0.322 e. The molecule has 0 radical (unpaired) electrons. The van der Waals surface area contributed by atoms with Crippen molar-refractivity contribution in [2.75, 3.05) is 0 Å². The second-order valence-corrected chi connectivity index (χ2v) is 4.56. The third-order valence-corrected chi connectivity index (χ3v) is 3.38. The van der Waals surface area contributed by atoms with E-state index < -0.39 is 0 Å². The first-order valence-electron chi connectivity index (χ1n) is 5.13. The zero-order valence-corrected chi connectivity index (χ0v) is 9.92. The number of nitrogens with zero attached hydrogens (tertiary/aromatic N) is 5. The van der Waals surface area contributed by atoms with Crippen LogP contribution in [0.25, 0.3) is 17.3 Å². The second-order valence-electron chi connectivity index (χ2n) is 3.67. The average Bonchev–Trinajstić information content (AvgIpc) is 2.95. The van der Waals surface area contributed by atoms with Gasteiger partial charge in [-0.3, -0.25) is 4.40 Å². The molecular formula is C10H10N6S.